The van der Waals surface area contributed by atoms with Crippen LogP contribution in [0.25, 0.3) is 10.2 Å². The largest absolute Gasteiger partial charge is 0.473 e. The predicted octanol–water partition coefficient (Wildman–Crippen LogP) is 2.21. The Morgan fingerprint density at radius 1 is 1.29 bits per heavy atom. The average molecular weight is 249 g/mol. The van der Waals surface area contributed by atoms with E-state index in [9.17, 15) is 0 Å². The monoisotopic (exact) mass is 249 g/mol. The lowest BCUT2D eigenvalue weighted by Gasteiger charge is -2.15. The van der Waals surface area contributed by atoms with Gasteiger partial charge >= 0.3 is 0 Å². The number of fused-ring (bicyclic) bond motifs is 1. The molecule has 0 aromatic carbocycles. The molecule has 0 aliphatic carbocycles. The van der Waals surface area contributed by atoms with Crippen LogP contribution in [0, 0.1) is 0 Å². The van der Waals surface area contributed by atoms with Gasteiger partial charge in [-0.1, -0.05) is 0 Å². The Morgan fingerprint density at radius 3 is 3.29 bits per heavy atom. The highest BCUT2D eigenvalue weighted by Crippen LogP contribution is 2.28. The van der Waals surface area contributed by atoms with Crippen LogP contribution in [-0.2, 0) is 0 Å². The number of rotatable bonds is 2. The normalized spacial score (nSPS) is 21.3. The van der Waals surface area contributed by atoms with Crippen LogP contribution in [0.15, 0.2) is 17.8 Å². The molecule has 1 atom stereocenters. The van der Waals surface area contributed by atoms with Crippen LogP contribution in [0.2, 0.25) is 0 Å². The highest BCUT2D eigenvalue weighted by Gasteiger charge is 2.16. The van der Waals surface area contributed by atoms with Gasteiger partial charge in [0.25, 0.3) is 0 Å². The fourth-order valence-electron chi connectivity index (χ4n) is 2.11. The molecular weight excluding hydrogens is 234 g/mol. The number of thiophene rings is 1. The van der Waals surface area contributed by atoms with Gasteiger partial charge < -0.3 is 10.1 Å². The predicted molar refractivity (Wildman–Crippen MR) is 68.6 cm³/mol. The van der Waals surface area contributed by atoms with Gasteiger partial charge in [-0.05, 0) is 43.8 Å². The van der Waals surface area contributed by atoms with Gasteiger partial charge in [0.2, 0.25) is 5.88 Å². The van der Waals surface area contributed by atoms with Crippen molar-refractivity contribution in [2.24, 2.45) is 0 Å². The topological polar surface area (TPSA) is 47.0 Å². The van der Waals surface area contributed by atoms with E-state index >= 15 is 0 Å². The van der Waals surface area contributed by atoms with Crippen molar-refractivity contribution in [3.05, 3.63) is 17.8 Å². The molecule has 0 radical (unpaired) electrons. The van der Waals surface area contributed by atoms with Crippen molar-refractivity contribution < 1.29 is 4.74 Å². The SMILES string of the molecule is c1nc(OC2CCCNCC2)c2sccc2n1. The molecule has 1 fully saturated rings. The molecule has 1 saturated heterocycles. The Hall–Kier alpha value is -1.20. The van der Waals surface area contributed by atoms with Gasteiger partial charge in [-0.2, -0.15) is 0 Å². The van der Waals surface area contributed by atoms with Crippen molar-refractivity contribution >= 4 is 21.6 Å². The molecule has 5 heteroatoms. The van der Waals surface area contributed by atoms with E-state index in [2.05, 4.69) is 15.3 Å². The molecular formula is C12H15N3OS. The first-order chi connectivity index (χ1) is 8.43. The second-order valence-electron chi connectivity index (χ2n) is 4.23. The summed E-state index contributed by atoms with van der Waals surface area (Å²) >= 11 is 1.64. The quantitative estimate of drug-likeness (QED) is 0.886. The Bertz CT molecular complexity index is 491. The smallest absolute Gasteiger partial charge is 0.235 e. The summed E-state index contributed by atoms with van der Waals surface area (Å²) in [6.07, 6.45) is 5.19. The van der Waals surface area contributed by atoms with Crippen molar-refractivity contribution in [2.45, 2.75) is 25.4 Å². The summed E-state index contributed by atoms with van der Waals surface area (Å²) in [5, 5.41) is 5.41. The Labute approximate surface area is 104 Å². The summed E-state index contributed by atoms with van der Waals surface area (Å²) in [5.41, 5.74) is 0.978. The number of nitrogens with zero attached hydrogens (tertiary/aromatic N) is 2. The van der Waals surface area contributed by atoms with Gasteiger partial charge in [0, 0.05) is 0 Å². The zero-order valence-corrected chi connectivity index (χ0v) is 10.4. The third-order valence-electron chi connectivity index (χ3n) is 3.01. The first kappa shape index (κ1) is 10.9. The number of hydrogen-bond donors (Lipinski definition) is 1. The molecule has 0 spiro atoms. The van der Waals surface area contributed by atoms with Crippen molar-refractivity contribution in [2.75, 3.05) is 13.1 Å². The second kappa shape index (κ2) is 4.98. The molecule has 17 heavy (non-hydrogen) atoms. The minimum atomic E-state index is 0.283. The molecule has 90 valence electrons. The van der Waals surface area contributed by atoms with Crippen LogP contribution in [0.5, 0.6) is 5.88 Å². The van der Waals surface area contributed by atoms with E-state index in [0.29, 0.717) is 0 Å². The number of ether oxygens (including phenoxy) is 1. The molecule has 0 bridgehead atoms. The van der Waals surface area contributed by atoms with Crippen molar-refractivity contribution in [3.8, 4) is 5.88 Å². The minimum Gasteiger partial charge on any atom is -0.473 e. The van der Waals surface area contributed by atoms with Crippen LogP contribution < -0.4 is 10.1 Å². The highest BCUT2D eigenvalue weighted by molar-refractivity contribution is 7.17. The molecule has 0 amide bonds. The summed E-state index contributed by atoms with van der Waals surface area (Å²) in [6.45, 7) is 2.13. The first-order valence-corrected chi connectivity index (χ1v) is 6.87. The van der Waals surface area contributed by atoms with Gasteiger partial charge in [-0.15, -0.1) is 11.3 Å². The number of nitrogens with one attached hydrogen (secondary N) is 1. The van der Waals surface area contributed by atoms with Crippen LogP contribution in [-0.4, -0.2) is 29.2 Å². The summed E-state index contributed by atoms with van der Waals surface area (Å²) < 4.78 is 7.09. The van der Waals surface area contributed by atoms with Crippen LogP contribution >= 0.6 is 11.3 Å². The number of aromatic nitrogens is 2. The molecule has 3 rings (SSSR count). The zero-order valence-electron chi connectivity index (χ0n) is 9.56. The fourth-order valence-corrected chi connectivity index (χ4v) is 2.89. The Kier molecular flexibility index (Phi) is 3.20. The van der Waals surface area contributed by atoms with Crippen molar-refractivity contribution in [3.63, 3.8) is 0 Å². The Morgan fingerprint density at radius 2 is 2.29 bits per heavy atom. The number of hydrogen-bond acceptors (Lipinski definition) is 5. The van der Waals surface area contributed by atoms with E-state index in [-0.39, 0.29) is 6.10 Å². The zero-order chi connectivity index (χ0) is 11.5. The van der Waals surface area contributed by atoms with Crippen LogP contribution in [0.4, 0.5) is 0 Å². The second-order valence-corrected chi connectivity index (χ2v) is 5.15. The summed E-state index contributed by atoms with van der Waals surface area (Å²) in [4.78, 5) is 8.48. The molecule has 4 nitrogen and oxygen atoms in total. The van der Waals surface area contributed by atoms with Gasteiger partial charge in [-0.25, -0.2) is 9.97 Å². The van der Waals surface area contributed by atoms with Gasteiger partial charge in [0.1, 0.15) is 17.1 Å². The lowest BCUT2D eigenvalue weighted by atomic mass is 10.2. The molecule has 2 aromatic heterocycles. The molecule has 3 heterocycles. The standard InChI is InChI=1S/C12H15N3OS/c1-2-9(3-6-13-5-1)16-12-11-10(4-7-17-11)14-8-15-12/h4,7-9,13H,1-3,5-6H2. The van der Waals surface area contributed by atoms with Crippen molar-refractivity contribution in [1.82, 2.24) is 15.3 Å². The molecule has 0 saturated carbocycles. The maximum atomic E-state index is 6.03. The summed E-state index contributed by atoms with van der Waals surface area (Å²) in [5.74, 6) is 0.747. The van der Waals surface area contributed by atoms with E-state index in [1.165, 1.54) is 6.42 Å². The van der Waals surface area contributed by atoms with E-state index in [4.69, 9.17) is 4.74 Å². The molecule has 1 unspecified atom stereocenters. The average Bonchev–Trinajstić information content (AvgIpc) is 2.69. The van der Waals surface area contributed by atoms with Gasteiger partial charge in [-0.3, -0.25) is 0 Å². The molecule has 2 aromatic rings. The van der Waals surface area contributed by atoms with Gasteiger partial charge in [0.15, 0.2) is 0 Å². The fraction of sp³-hybridized carbons (Fsp3) is 0.500. The van der Waals surface area contributed by atoms with Crippen LogP contribution in [0.3, 0.4) is 0 Å². The summed E-state index contributed by atoms with van der Waals surface area (Å²) in [7, 11) is 0. The molecule has 1 aliphatic rings. The lowest BCUT2D eigenvalue weighted by molar-refractivity contribution is 0.182. The third-order valence-corrected chi connectivity index (χ3v) is 3.90. The van der Waals surface area contributed by atoms with Crippen molar-refractivity contribution in [1.29, 1.82) is 0 Å². The van der Waals surface area contributed by atoms with Gasteiger partial charge in [0.05, 0.1) is 5.52 Å². The van der Waals surface area contributed by atoms with E-state index in [1.807, 2.05) is 11.4 Å². The maximum absolute atomic E-state index is 6.03. The molecule has 1 aliphatic heterocycles. The van der Waals surface area contributed by atoms with Crippen LogP contribution in [0.1, 0.15) is 19.3 Å². The lowest BCUT2D eigenvalue weighted by Crippen LogP contribution is -2.19. The van der Waals surface area contributed by atoms with E-state index in [0.717, 1.165) is 42.0 Å². The first-order valence-electron chi connectivity index (χ1n) is 5.99. The van der Waals surface area contributed by atoms with E-state index in [1.54, 1.807) is 17.7 Å². The Balaban J connectivity index is 1.81. The highest BCUT2D eigenvalue weighted by atomic mass is 32.1. The molecule has 1 N–H and O–H groups in total. The maximum Gasteiger partial charge on any atom is 0.235 e. The van der Waals surface area contributed by atoms with E-state index < -0.39 is 0 Å². The third kappa shape index (κ3) is 2.40. The minimum absolute atomic E-state index is 0.283. The summed E-state index contributed by atoms with van der Waals surface area (Å²) in [6, 6.07) is 2.00.